The van der Waals surface area contributed by atoms with E-state index in [0.717, 1.165) is 17.1 Å². The normalized spacial score (nSPS) is 13.6. The lowest BCUT2D eigenvalue weighted by Gasteiger charge is -2.28. The molecule has 0 spiro atoms. The van der Waals surface area contributed by atoms with Crippen LogP contribution in [0.5, 0.6) is 0 Å². The van der Waals surface area contributed by atoms with Crippen molar-refractivity contribution in [3.63, 3.8) is 0 Å². The quantitative estimate of drug-likeness (QED) is 0.396. The molecule has 4 aromatic rings. The molecule has 0 radical (unpaired) electrons. The molecule has 2 heteroatoms. The largest absolute Gasteiger partial charge is 0.310 e. The highest BCUT2D eigenvalue weighted by atomic mass is 15.1. The zero-order valence-electron chi connectivity index (χ0n) is 16.1. The van der Waals surface area contributed by atoms with E-state index in [1.165, 1.54) is 22.3 Å². The van der Waals surface area contributed by atoms with Gasteiger partial charge in [0.15, 0.2) is 0 Å². The van der Waals surface area contributed by atoms with Crippen LogP contribution >= 0.6 is 0 Å². The number of fused-ring (bicyclic) bond motifs is 3. The van der Waals surface area contributed by atoms with Crippen LogP contribution in [-0.2, 0) is 5.41 Å². The average molecular weight is 362 g/mol. The number of nitrogens with zero attached hydrogens (tertiary/aromatic N) is 2. The van der Waals surface area contributed by atoms with Gasteiger partial charge in [-0.05, 0) is 58.7 Å². The average Bonchev–Trinajstić information content (AvgIpc) is 2.97. The van der Waals surface area contributed by atoms with Crippen LogP contribution in [0.25, 0.3) is 11.1 Å². The number of hydrogen-bond acceptors (Lipinski definition) is 2. The van der Waals surface area contributed by atoms with Gasteiger partial charge < -0.3 is 4.90 Å². The third kappa shape index (κ3) is 2.53. The maximum atomic E-state index is 4.20. The molecule has 0 fully saturated rings. The van der Waals surface area contributed by atoms with Crippen LogP contribution in [0, 0.1) is 0 Å². The second-order valence-corrected chi connectivity index (χ2v) is 7.78. The van der Waals surface area contributed by atoms with E-state index in [1.54, 1.807) is 0 Å². The number of rotatable bonds is 3. The van der Waals surface area contributed by atoms with E-state index < -0.39 is 0 Å². The van der Waals surface area contributed by atoms with Gasteiger partial charge in [0, 0.05) is 34.9 Å². The lowest BCUT2D eigenvalue weighted by atomic mass is 9.82. The van der Waals surface area contributed by atoms with Gasteiger partial charge >= 0.3 is 0 Å². The second-order valence-electron chi connectivity index (χ2n) is 7.78. The van der Waals surface area contributed by atoms with Gasteiger partial charge in [0.25, 0.3) is 0 Å². The number of para-hydroxylation sites is 1. The Morgan fingerprint density at radius 2 is 1.25 bits per heavy atom. The van der Waals surface area contributed by atoms with Crippen molar-refractivity contribution in [2.24, 2.45) is 0 Å². The fourth-order valence-electron chi connectivity index (χ4n) is 4.35. The zero-order valence-corrected chi connectivity index (χ0v) is 16.1. The van der Waals surface area contributed by atoms with Crippen LogP contribution in [0.15, 0.2) is 97.3 Å². The molecule has 1 heterocycles. The van der Waals surface area contributed by atoms with Crippen LogP contribution in [0.3, 0.4) is 0 Å². The van der Waals surface area contributed by atoms with Gasteiger partial charge in [-0.1, -0.05) is 62.4 Å². The van der Waals surface area contributed by atoms with Crippen molar-refractivity contribution in [3.8, 4) is 11.1 Å². The van der Waals surface area contributed by atoms with Crippen molar-refractivity contribution in [1.29, 1.82) is 0 Å². The number of benzene rings is 3. The number of pyridine rings is 1. The van der Waals surface area contributed by atoms with E-state index in [0.29, 0.717) is 0 Å². The minimum absolute atomic E-state index is 0.0114. The van der Waals surface area contributed by atoms with Gasteiger partial charge in [-0.25, -0.2) is 0 Å². The van der Waals surface area contributed by atoms with Gasteiger partial charge in [-0.15, -0.1) is 0 Å². The molecule has 1 aliphatic carbocycles. The first-order valence-electron chi connectivity index (χ1n) is 9.66. The molecule has 0 bridgehead atoms. The molecule has 0 N–H and O–H groups in total. The molecule has 0 amide bonds. The van der Waals surface area contributed by atoms with Gasteiger partial charge in [0.05, 0.1) is 0 Å². The summed E-state index contributed by atoms with van der Waals surface area (Å²) in [4.78, 5) is 6.49. The van der Waals surface area contributed by atoms with E-state index >= 15 is 0 Å². The van der Waals surface area contributed by atoms with Crippen molar-refractivity contribution in [1.82, 2.24) is 4.98 Å². The van der Waals surface area contributed by atoms with Crippen LogP contribution in [0.1, 0.15) is 25.0 Å². The Labute approximate surface area is 166 Å². The fraction of sp³-hybridized carbons (Fsp3) is 0.115. The molecule has 1 aliphatic rings. The maximum Gasteiger partial charge on any atom is 0.0492 e. The smallest absolute Gasteiger partial charge is 0.0492 e. The molecule has 1 aromatic heterocycles. The van der Waals surface area contributed by atoms with Crippen molar-refractivity contribution in [3.05, 3.63) is 108 Å². The third-order valence-electron chi connectivity index (χ3n) is 5.76. The molecule has 28 heavy (non-hydrogen) atoms. The molecule has 0 saturated heterocycles. The summed E-state index contributed by atoms with van der Waals surface area (Å²) in [5, 5.41) is 0. The number of hydrogen-bond donors (Lipinski definition) is 0. The third-order valence-corrected chi connectivity index (χ3v) is 5.76. The molecule has 5 rings (SSSR count). The Balaban J connectivity index is 1.70. The van der Waals surface area contributed by atoms with Crippen LogP contribution < -0.4 is 4.90 Å². The highest BCUT2D eigenvalue weighted by Crippen LogP contribution is 2.50. The first-order valence-corrected chi connectivity index (χ1v) is 9.66. The summed E-state index contributed by atoms with van der Waals surface area (Å²) in [6.07, 6.45) is 3.69. The predicted octanol–water partition coefficient (Wildman–Crippen LogP) is 6.86. The summed E-state index contributed by atoms with van der Waals surface area (Å²) in [5.41, 5.74) is 8.87. The number of aromatic nitrogens is 1. The van der Waals surface area contributed by atoms with E-state index in [4.69, 9.17) is 0 Å². The summed E-state index contributed by atoms with van der Waals surface area (Å²) in [6, 6.07) is 30.2. The Morgan fingerprint density at radius 3 is 2.04 bits per heavy atom. The summed E-state index contributed by atoms with van der Waals surface area (Å²) in [7, 11) is 0. The SMILES string of the molecule is CC1(C)c2ccccc2-c2ccc(N(c3ccccc3)c3ccncc3)cc21. The predicted molar refractivity (Wildman–Crippen MR) is 116 cm³/mol. The highest BCUT2D eigenvalue weighted by molar-refractivity contribution is 5.85. The Morgan fingerprint density at radius 1 is 0.607 bits per heavy atom. The molecular formula is C26H22N2. The molecule has 3 aromatic carbocycles. The van der Waals surface area contributed by atoms with Gasteiger partial charge in [-0.2, -0.15) is 0 Å². The van der Waals surface area contributed by atoms with E-state index in [-0.39, 0.29) is 5.41 Å². The van der Waals surface area contributed by atoms with Crippen molar-refractivity contribution in [2.75, 3.05) is 4.90 Å². The lowest BCUT2D eigenvalue weighted by Crippen LogP contribution is -2.16. The number of anilines is 3. The monoisotopic (exact) mass is 362 g/mol. The Kier molecular flexibility index (Phi) is 3.80. The second kappa shape index (κ2) is 6.35. The maximum absolute atomic E-state index is 4.20. The Hall–Kier alpha value is -3.39. The summed E-state index contributed by atoms with van der Waals surface area (Å²) in [5.74, 6) is 0. The molecule has 136 valence electrons. The van der Waals surface area contributed by atoms with E-state index in [1.807, 2.05) is 12.4 Å². The molecule has 0 atom stereocenters. The Bertz CT molecular complexity index is 1090. The van der Waals surface area contributed by atoms with Crippen LogP contribution in [-0.4, -0.2) is 4.98 Å². The standard InChI is InChI=1S/C26H22N2/c1-26(2)24-11-7-6-10-22(24)23-13-12-21(18-25(23)26)28(19-8-4-3-5-9-19)20-14-16-27-17-15-20/h3-18H,1-2H3. The van der Waals surface area contributed by atoms with Crippen molar-refractivity contribution in [2.45, 2.75) is 19.3 Å². The molecule has 0 unspecified atom stereocenters. The van der Waals surface area contributed by atoms with E-state index in [2.05, 4.69) is 109 Å². The molecule has 2 nitrogen and oxygen atoms in total. The van der Waals surface area contributed by atoms with Crippen LogP contribution in [0.2, 0.25) is 0 Å². The van der Waals surface area contributed by atoms with Crippen LogP contribution in [0.4, 0.5) is 17.1 Å². The minimum Gasteiger partial charge on any atom is -0.310 e. The summed E-state index contributed by atoms with van der Waals surface area (Å²) < 4.78 is 0. The van der Waals surface area contributed by atoms with Crippen molar-refractivity contribution >= 4 is 17.1 Å². The summed E-state index contributed by atoms with van der Waals surface area (Å²) in [6.45, 7) is 4.64. The van der Waals surface area contributed by atoms with E-state index in [9.17, 15) is 0 Å². The zero-order chi connectivity index (χ0) is 19.1. The highest BCUT2D eigenvalue weighted by Gasteiger charge is 2.35. The minimum atomic E-state index is -0.0114. The van der Waals surface area contributed by atoms with Crippen molar-refractivity contribution < 1.29 is 0 Å². The molecular weight excluding hydrogens is 340 g/mol. The first kappa shape index (κ1) is 16.8. The first-order chi connectivity index (χ1) is 13.7. The lowest BCUT2D eigenvalue weighted by molar-refractivity contribution is 0.660. The fourth-order valence-corrected chi connectivity index (χ4v) is 4.35. The van der Waals surface area contributed by atoms with Gasteiger partial charge in [-0.3, -0.25) is 4.98 Å². The summed E-state index contributed by atoms with van der Waals surface area (Å²) >= 11 is 0. The molecule has 0 saturated carbocycles. The molecule has 0 aliphatic heterocycles. The van der Waals surface area contributed by atoms with Gasteiger partial charge in [0.2, 0.25) is 0 Å². The topological polar surface area (TPSA) is 16.1 Å². The van der Waals surface area contributed by atoms with Gasteiger partial charge in [0.1, 0.15) is 0 Å².